The van der Waals surface area contributed by atoms with E-state index in [1.54, 1.807) is 0 Å². The maximum atomic E-state index is 6.65. The lowest BCUT2D eigenvalue weighted by atomic mass is 9.84. The largest absolute Gasteiger partial charge is 0.485 e. The number of nitrogens with one attached hydrogen (secondary N) is 1. The second-order valence-electron chi connectivity index (χ2n) is 8.63. The van der Waals surface area contributed by atoms with Gasteiger partial charge in [0, 0.05) is 5.92 Å². The van der Waals surface area contributed by atoms with Gasteiger partial charge in [-0.1, -0.05) is 63.1 Å². The molecule has 4 rings (SSSR count). The molecule has 1 heterocycles. The molecule has 2 aliphatic rings. The Bertz CT molecular complexity index is 741. The topological polar surface area (TPSA) is 21.3 Å². The first-order valence-corrected chi connectivity index (χ1v) is 11.3. The van der Waals surface area contributed by atoms with E-state index in [-0.39, 0.29) is 6.10 Å². The van der Waals surface area contributed by atoms with Crippen LogP contribution in [0, 0.1) is 11.8 Å². The summed E-state index contributed by atoms with van der Waals surface area (Å²) >= 11 is 0. The lowest BCUT2D eigenvalue weighted by molar-refractivity contribution is 0.105. The van der Waals surface area contributed by atoms with Gasteiger partial charge in [0.25, 0.3) is 0 Å². The first-order valence-electron chi connectivity index (χ1n) is 11.3. The molecule has 0 aromatic heterocycles. The van der Waals surface area contributed by atoms with Crippen molar-refractivity contribution in [2.45, 2.75) is 64.4 Å². The van der Waals surface area contributed by atoms with Crippen LogP contribution in [0.1, 0.15) is 74.7 Å². The van der Waals surface area contributed by atoms with Crippen LogP contribution >= 0.6 is 0 Å². The van der Waals surface area contributed by atoms with Crippen LogP contribution in [-0.2, 0) is 6.42 Å². The summed E-state index contributed by atoms with van der Waals surface area (Å²) in [6.45, 7) is 6.95. The van der Waals surface area contributed by atoms with Crippen LogP contribution in [0.25, 0.3) is 0 Å². The highest BCUT2D eigenvalue weighted by Gasteiger charge is 2.37. The van der Waals surface area contributed by atoms with E-state index >= 15 is 0 Å². The van der Waals surface area contributed by atoms with Gasteiger partial charge < -0.3 is 10.1 Å². The van der Waals surface area contributed by atoms with Gasteiger partial charge in [-0.15, -0.1) is 0 Å². The number of ether oxygens (including phenoxy) is 1. The summed E-state index contributed by atoms with van der Waals surface area (Å²) in [7, 11) is 0. The third kappa shape index (κ3) is 4.12. The number of rotatable bonds is 6. The van der Waals surface area contributed by atoms with Gasteiger partial charge in [-0.3, -0.25) is 0 Å². The van der Waals surface area contributed by atoms with Gasteiger partial charge in [-0.05, 0) is 79.4 Å². The average Bonchev–Trinajstić information content (AvgIpc) is 2.91. The van der Waals surface area contributed by atoms with Crippen LogP contribution < -0.4 is 10.1 Å². The van der Waals surface area contributed by atoms with E-state index in [0.29, 0.717) is 11.8 Å². The standard InChI is InChI=1S/C26H35NO/c1-3-19(4-2)25-18-22-8-5-6-10-24(22)26(25)28-23-13-11-21(12-14-23)20-9-7-16-27-17-15-20/h5-6,8,10-14,19-20,25-27H,3-4,7,9,15-18H2,1-2H3/t20?,25-,26+/m0/s1. The molecule has 0 radical (unpaired) electrons. The molecule has 1 unspecified atom stereocenters. The quantitative estimate of drug-likeness (QED) is 0.640. The Labute approximate surface area is 170 Å². The summed E-state index contributed by atoms with van der Waals surface area (Å²) in [5, 5.41) is 3.52. The molecular formula is C26H35NO. The van der Waals surface area contributed by atoms with Crippen molar-refractivity contribution < 1.29 is 4.74 Å². The van der Waals surface area contributed by atoms with Gasteiger partial charge in [-0.25, -0.2) is 0 Å². The van der Waals surface area contributed by atoms with Crippen molar-refractivity contribution in [1.29, 1.82) is 0 Å². The third-order valence-corrected chi connectivity index (χ3v) is 7.05. The van der Waals surface area contributed by atoms with Crippen molar-refractivity contribution in [1.82, 2.24) is 5.32 Å². The number of hydrogen-bond donors (Lipinski definition) is 1. The van der Waals surface area contributed by atoms with E-state index in [9.17, 15) is 0 Å². The molecule has 2 aromatic carbocycles. The van der Waals surface area contributed by atoms with Crippen LogP contribution in [0.4, 0.5) is 0 Å². The Morgan fingerprint density at radius 3 is 2.54 bits per heavy atom. The summed E-state index contributed by atoms with van der Waals surface area (Å²) in [5.41, 5.74) is 4.35. The molecule has 0 amide bonds. The minimum absolute atomic E-state index is 0.189. The fraction of sp³-hybridized carbons (Fsp3) is 0.538. The Morgan fingerprint density at radius 2 is 1.75 bits per heavy atom. The summed E-state index contributed by atoms with van der Waals surface area (Å²) in [6, 6.07) is 17.9. The predicted octanol–water partition coefficient (Wildman–Crippen LogP) is 6.27. The third-order valence-electron chi connectivity index (χ3n) is 7.05. The highest BCUT2D eigenvalue weighted by molar-refractivity contribution is 5.37. The zero-order chi connectivity index (χ0) is 19.3. The molecule has 2 nitrogen and oxygen atoms in total. The highest BCUT2D eigenvalue weighted by Crippen LogP contribution is 2.44. The maximum Gasteiger partial charge on any atom is 0.127 e. The van der Waals surface area contributed by atoms with Crippen molar-refractivity contribution in [3.8, 4) is 5.75 Å². The second-order valence-corrected chi connectivity index (χ2v) is 8.63. The van der Waals surface area contributed by atoms with E-state index in [0.717, 1.165) is 31.2 Å². The molecule has 1 aliphatic carbocycles. The van der Waals surface area contributed by atoms with Gasteiger partial charge >= 0.3 is 0 Å². The van der Waals surface area contributed by atoms with E-state index in [1.165, 1.54) is 48.8 Å². The molecule has 28 heavy (non-hydrogen) atoms. The lowest BCUT2D eigenvalue weighted by Crippen LogP contribution is -2.22. The Morgan fingerprint density at radius 1 is 0.964 bits per heavy atom. The van der Waals surface area contributed by atoms with E-state index in [1.807, 2.05) is 0 Å². The number of benzene rings is 2. The zero-order valence-corrected chi connectivity index (χ0v) is 17.5. The lowest BCUT2D eigenvalue weighted by Gasteiger charge is -2.28. The molecule has 0 saturated carbocycles. The molecule has 2 aromatic rings. The summed E-state index contributed by atoms with van der Waals surface area (Å²) in [6.07, 6.45) is 7.61. The molecule has 0 spiro atoms. The van der Waals surface area contributed by atoms with Gasteiger partial charge in [0.15, 0.2) is 0 Å². The molecule has 1 saturated heterocycles. The molecule has 0 bridgehead atoms. The van der Waals surface area contributed by atoms with Gasteiger partial charge in [0.2, 0.25) is 0 Å². The minimum atomic E-state index is 0.189. The van der Waals surface area contributed by atoms with Crippen LogP contribution in [0.15, 0.2) is 48.5 Å². The van der Waals surface area contributed by atoms with Crippen molar-refractivity contribution >= 4 is 0 Å². The first-order chi connectivity index (χ1) is 13.8. The van der Waals surface area contributed by atoms with Crippen molar-refractivity contribution in [3.05, 3.63) is 65.2 Å². The van der Waals surface area contributed by atoms with Crippen molar-refractivity contribution in [2.24, 2.45) is 11.8 Å². The van der Waals surface area contributed by atoms with E-state index in [2.05, 4.69) is 67.7 Å². The zero-order valence-electron chi connectivity index (χ0n) is 17.5. The van der Waals surface area contributed by atoms with Gasteiger partial charge in [0.05, 0.1) is 0 Å². The second kappa shape index (κ2) is 9.13. The van der Waals surface area contributed by atoms with Crippen LogP contribution in [0.5, 0.6) is 5.75 Å². The van der Waals surface area contributed by atoms with Crippen LogP contribution in [0.3, 0.4) is 0 Å². The normalized spacial score (nSPS) is 24.8. The average molecular weight is 378 g/mol. The summed E-state index contributed by atoms with van der Waals surface area (Å²) in [4.78, 5) is 0. The first kappa shape index (κ1) is 19.5. The number of hydrogen-bond acceptors (Lipinski definition) is 2. The maximum absolute atomic E-state index is 6.65. The molecule has 3 atom stereocenters. The van der Waals surface area contributed by atoms with Crippen molar-refractivity contribution in [3.63, 3.8) is 0 Å². The Kier molecular flexibility index (Phi) is 6.36. The highest BCUT2D eigenvalue weighted by atomic mass is 16.5. The summed E-state index contributed by atoms with van der Waals surface area (Å²) in [5.74, 6) is 3.01. The van der Waals surface area contributed by atoms with E-state index < -0.39 is 0 Å². The Balaban J connectivity index is 1.52. The van der Waals surface area contributed by atoms with Gasteiger partial charge in [-0.2, -0.15) is 0 Å². The van der Waals surface area contributed by atoms with Crippen molar-refractivity contribution in [2.75, 3.05) is 13.1 Å². The summed E-state index contributed by atoms with van der Waals surface area (Å²) < 4.78 is 6.65. The molecule has 150 valence electrons. The van der Waals surface area contributed by atoms with Crippen LogP contribution in [-0.4, -0.2) is 13.1 Å². The fourth-order valence-electron chi connectivity index (χ4n) is 5.37. The predicted molar refractivity (Wildman–Crippen MR) is 117 cm³/mol. The molecular weight excluding hydrogens is 342 g/mol. The molecule has 1 aliphatic heterocycles. The monoisotopic (exact) mass is 377 g/mol. The molecule has 1 N–H and O–H groups in total. The molecule has 1 fully saturated rings. The fourth-order valence-corrected chi connectivity index (χ4v) is 5.37. The number of fused-ring (bicyclic) bond motifs is 1. The van der Waals surface area contributed by atoms with Gasteiger partial charge in [0.1, 0.15) is 11.9 Å². The minimum Gasteiger partial charge on any atom is -0.485 e. The smallest absolute Gasteiger partial charge is 0.127 e. The van der Waals surface area contributed by atoms with Crippen LogP contribution in [0.2, 0.25) is 0 Å². The molecule has 2 heteroatoms. The SMILES string of the molecule is CCC(CC)[C@@H]1Cc2ccccc2[C@H]1Oc1ccc(C2CCCNCC2)cc1. The van der Waals surface area contributed by atoms with E-state index in [4.69, 9.17) is 4.74 Å². The Hall–Kier alpha value is -1.80.